The highest BCUT2D eigenvalue weighted by atomic mass is 79.9. The Morgan fingerprint density at radius 2 is 1.79 bits per heavy atom. The van der Waals surface area contributed by atoms with Crippen molar-refractivity contribution in [3.8, 4) is 5.75 Å². The lowest BCUT2D eigenvalue weighted by Crippen LogP contribution is -2.03. The zero-order valence-corrected chi connectivity index (χ0v) is 13.4. The molecule has 2 rings (SSSR count). The van der Waals surface area contributed by atoms with Gasteiger partial charge in [-0.15, -0.1) is 0 Å². The standard InChI is InChI=1S/C14H12Br2FNO/c1-19-14-5-4-11(16)7-13(14)18-8-9-2-3-10(15)6-12(9)17/h2-7,18H,8H2,1H3. The van der Waals surface area contributed by atoms with Crippen molar-refractivity contribution in [1.29, 1.82) is 0 Å². The van der Waals surface area contributed by atoms with Gasteiger partial charge >= 0.3 is 0 Å². The first-order valence-electron chi connectivity index (χ1n) is 5.61. The van der Waals surface area contributed by atoms with Gasteiger partial charge in [0.05, 0.1) is 12.8 Å². The minimum absolute atomic E-state index is 0.240. The number of ether oxygens (including phenoxy) is 1. The Kier molecular flexibility index (Phi) is 4.82. The minimum atomic E-state index is -0.240. The van der Waals surface area contributed by atoms with E-state index in [1.165, 1.54) is 6.07 Å². The molecule has 1 N–H and O–H groups in total. The van der Waals surface area contributed by atoms with Crippen molar-refractivity contribution in [3.63, 3.8) is 0 Å². The lowest BCUT2D eigenvalue weighted by molar-refractivity contribution is 0.416. The van der Waals surface area contributed by atoms with Crippen LogP contribution in [0.25, 0.3) is 0 Å². The van der Waals surface area contributed by atoms with Crippen LogP contribution in [0, 0.1) is 5.82 Å². The smallest absolute Gasteiger partial charge is 0.142 e. The number of anilines is 1. The molecule has 0 aromatic heterocycles. The fraction of sp³-hybridized carbons (Fsp3) is 0.143. The Morgan fingerprint density at radius 1 is 1.11 bits per heavy atom. The highest BCUT2D eigenvalue weighted by molar-refractivity contribution is 9.10. The molecule has 0 aliphatic carbocycles. The second-order valence-corrected chi connectivity index (χ2v) is 5.77. The molecule has 2 aromatic rings. The lowest BCUT2D eigenvalue weighted by atomic mass is 10.2. The van der Waals surface area contributed by atoms with Crippen LogP contribution in [0.4, 0.5) is 10.1 Å². The SMILES string of the molecule is COc1ccc(Br)cc1NCc1ccc(Br)cc1F. The number of benzene rings is 2. The van der Waals surface area contributed by atoms with Crippen molar-refractivity contribution in [2.45, 2.75) is 6.54 Å². The summed E-state index contributed by atoms with van der Waals surface area (Å²) in [5.41, 5.74) is 1.42. The van der Waals surface area contributed by atoms with E-state index in [1.807, 2.05) is 24.3 Å². The molecule has 0 radical (unpaired) electrons. The van der Waals surface area contributed by atoms with Crippen molar-refractivity contribution in [2.24, 2.45) is 0 Å². The summed E-state index contributed by atoms with van der Waals surface area (Å²) >= 11 is 6.64. The van der Waals surface area contributed by atoms with E-state index in [1.54, 1.807) is 13.2 Å². The fourth-order valence-corrected chi connectivity index (χ4v) is 2.37. The van der Waals surface area contributed by atoms with Crippen LogP contribution in [0.2, 0.25) is 0 Å². The van der Waals surface area contributed by atoms with Crippen LogP contribution in [0.1, 0.15) is 5.56 Å². The predicted molar refractivity (Wildman–Crippen MR) is 82.1 cm³/mol. The van der Waals surface area contributed by atoms with E-state index >= 15 is 0 Å². The average Bonchev–Trinajstić information content (AvgIpc) is 2.38. The summed E-state index contributed by atoms with van der Waals surface area (Å²) < 4.78 is 20.6. The Morgan fingerprint density at radius 3 is 2.47 bits per heavy atom. The quantitative estimate of drug-likeness (QED) is 0.798. The van der Waals surface area contributed by atoms with Crippen LogP contribution < -0.4 is 10.1 Å². The second kappa shape index (κ2) is 6.39. The van der Waals surface area contributed by atoms with Gasteiger partial charge in [0.1, 0.15) is 11.6 Å². The highest BCUT2D eigenvalue weighted by Crippen LogP contribution is 2.28. The number of hydrogen-bond acceptors (Lipinski definition) is 2. The number of nitrogens with one attached hydrogen (secondary N) is 1. The first kappa shape index (κ1) is 14.3. The van der Waals surface area contributed by atoms with E-state index in [9.17, 15) is 4.39 Å². The highest BCUT2D eigenvalue weighted by Gasteiger charge is 2.06. The maximum atomic E-state index is 13.7. The molecule has 2 nitrogen and oxygen atoms in total. The van der Waals surface area contributed by atoms with Crippen molar-refractivity contribution in [1.82, 2.24) is 0 Å². The van der Waals surface area contributed by atoms with Gasteiger partial charge in [-0.3, -0.25) is 0 Å². The van der Waals surface area contributed by atoms with Gasteiger partial charge in [-0.2, -0.15) is 0 Å². The van der Waals surface area contributed by atoms with E-state index in [-0.39, 0.29) is 5.82 Å². The van der Waals surface area contributed by atoms with Crippen molar-refractivity contribution >= 4 is 37.5 Å². The molecule has 0 spiro atoms. The molecule has 0 bridgehead atoms. The van der Waals surface area contributed by atoms with Crippen LogP contribution in [-0.4, -0.2) is 7.11 Å². The molecule has 5 heteroatoms. The second-order valence-electron chi connectivity index (χ2n) is 3.93. The molecule has 19 heavy (non-hydrogen) atoms. The molecule has 0 amide bonds. The summed E-state index contributed by atoms with van der Waals surface area (Å²) in [6.45, 7) is 0.395. The molecule has 0 saturated carbocycles. The molecule has 0 atom stereocenters. The van der Waals surface area contributed by atoms with Gasteiger partial charge in [-0.05, 0) is 30.3 Å². The summed E-state index contributed by atoms with van der Waals surface area (Å²) in [6.07, 6.45) is 0. The molecule has 0 saturated heterocycles. The fourth-order valence-electron chi connectivity index (χ4n) is 1.67. The topological polar surface area (TPSA) is 21.3 Å². The molecular weight excluding hydrogens is 377 g/mol. The largest absolute Gasteiger partial charge is 0.495 e. The number of halogens is 3. The van der Waals surface area contributed by atoms with E-state index in [2.05, 4.69) is 37.2 Å². The van der Waals surface area contributed by atoms with Crippen LogP contribution in [0.5, 0.6) is 5.75 Å². The van der Waals surface area contributed by atoms with Gasteiger partial charge in [-0.25, -0.2) is 4.39 Å². The first-order chi connectivity index (χ1) is 9.10. The average molecular weight is 389 g/mol. The summed E-state index contributed by atoms with van der Waals surface area (Å²) in [7, 11) is 1.61. The number of hydrogen-bond donors (Lipinski definition) is 1. The third-order valence-electron chi connectivity index (χ3n) is 2.65. The summed E-state index contributed by atoms with van der Waals surface area (Å²) in [5, 5.41) is 3.17. The van der Waals surface area contributed by atoms with Crippen LogP contribution in [0.15, 0.2) is 45.3 Å². The first-order valence-corrected chi connectivity index (χ1v) is 7.20. The Balaban J connectivity index is 2.16. The van der Waals surface area contributed by atoms with Crippen molar-refractivity contribution in [3.05, 3.63) is 56.7 Å². The normalized spacial score (nSPS) is 10.3. The van der Waals surface area contributed by atoms with Gasteiger partial charge < -0.3 is 10.1 Å². The molecule has 0 unspecified atom stereocenters. The molecule has 0 fully saturated rings. The molecule has 100 valence electrons. The van der Waals surface area contributed by atoms with Gasteiger partial charge in [0.25, 0.3) is 0 Å². The predicted octanol–water partition coefficient (Wildman–Crippen LogP) is 4.97. The van der Waals surface area contributed by atoms with Gasteiger partial charge in [0.15, 0.2) is 0 Å². The van der Waals surface area contributed by atoms with Crippen molar-refractivity contribution < 1.29 is 9.13 Å². The zero-order chi connectivity index (χ0) is 13.8. The maximum absolute atomic E-state index is 13.7. The van der Waals surface area contributed by atoms with Gasteiger partial charge in [-0.1, -0.05) is 37.9 Å². The van der Waals surface area contributed by atoms with Gasteiger partial charge in [0, 0.05) is 21.1 Å². The van der Waals surface area contributed by atoms with Crippen LogP contribution >= 0.6 is 31.9 Å². The van der Waals surface area contributed by atoms with E-state index in [4.69, 9.17) is 4.74 Å². The minimum Gasteiger partial charge on any atom is -0.495 e. The maximum Gasteiger partial charge on any atom is 0.142 e. The Labute approximate surface area is 128 Å². The van der Waals surface area contributed by atoms with E-state index in [0.29, 0.717) is 12.1 Å². The molecular formula is C14H12Br2FNO. The molecule has 0 aliphatic heterocycles. The summed E-state index contributed by atoms with van der Waals surface area (Å²) in [5.74, 6) is 0.483. The number of methoxy groups -OCH3 is 1. The summed E-state index contributed by atoms with van der Waals surface area (Å²) in [6, 6.07) is 10.7. The third kappa shape index (κ3) is 3.70. The third-order valence-corrected chi connectivity index (χ3v) is 3.63. The molecule has 0 aliphatic rings. The zero-order valence-electron chi connectivity index (χ0n) is 10.2. The Bertz CT molecular complexity index is 590. The van der Waals surface area contributed by atoms with E-state index in [0.717, 1.165) is 20.4 Å². The van der Waals surface area contributed by atoms with Gasteiger partial charge in [0.2, 0.25) is 0 Å². The molecule has 2 aromatic carbocycles. The molecule has 0 heterocycles. The van der Waals surface area contributed by atoms with Crippen LogP contribution in [-0.2, 0) is 6.54 Å². The van der Waals surface area contributed by atoms with E-state index < -0.39 is 0 Å². The van der Waals surface area contributed by atoms with Crippen LogP contribution in [0.3, 0.4) is 0 Å². The van der Waals surface area contributed by atoms with Crippen molar-refractivity contribution in [2.75, 3.05) is 12.4 Å². The lowest BCUT2D eigenvalue weighted by Gasteiger charge is -2.12. The number of rotatable bonds is 4. The monoisotopic (exact) mass is 387 g/mol. The summed E-state index contributed by atoms with van der Waals surface area (Å²) in [4.78, 5) is 0. The Hall–Kier alpha value is -1.07.